The molecule has 23 heteroatoms. The van der Waals surface area contributed by atoms with Gasteiger partial charge in [0.1, 0.15) is 16.8 Å². The highest BCUT2D eigenvalue weighted by atomic mass is 32.1. The summed E-state index contributed by atoms with van der Waals surface area (Å²) in [5.41, 5.74) is 6.38. The molecule has 1 aliphatic heterocycles. The number of amidine groups is 1. The first-order chi connectivity index (χ1) is 22.4. The second kappa shape index (κ2) is 17.7. The number of nitrogen functional groups attached to an aromatic ring is 1. The zero-order valence-corrected chi connectivity index (χ0v) is 25.2. The third-order valence-electron chi connectivity index (χ3n) is 5.74. The van der Waals surface area contributed by atoms with Crippen molar-refractivity contribution in [2.75, 3.05) is 13.1 Å². The second-order valence-electron chi connectivity index (χ2n) is 9.46. The zero-order chi connectivity index (χ0) is 37.9. The van der Waals surface area contributed by atoms with Crippen molar-refractivity contribution in [1.29, 1.82) is 5.41 Å². The number of nitrogens with zero attached hydrogens (tertiary/aromatic N) is 1. The lowest BCUT2D eigenvalue weighted by molar-refractivity contribution is -0.193. The highest BCUT2D eigenvalue weighted by Crippen LogP contribution is 2.30. The van der Waals surface area contributed by atoms with Crippen LogP contribution in [-0.2, 0) is 36.9 Å². The standard InChI is InChI=1S/C22H23FN4O7S.2C2HF3O2/c23-13-7-12(20(24)25)1-3-15(13)34-22(33)16-8-11-5-6-27(9-17(11)35-16)10-18(28)26-14(21(31)32)2-4-19(29)30;2*3-2(4,5)1(6)7/h1,3,7-8,14H,2,4-6,9-10H2,(H3,24,25)(H,26,28)(H,29,30)(H,31,32);2*(H,6,7)/t14-;;/m0../s1. The minimum atomic E-state index is -5.08. The molecule has 0 fully saturated rings. The Morgan fingerprint density at radius 2 is 1.53 bits per heavy atom. The van der Waals surface area contributed by atoms with Gasteiger partial charge in [-0.2, -0.15) is 26.3 Å². The summed E-state index contributed by atoms with van der Waals surface area (Å²) in [6.45, 7) is 0.733. The Bertz CT molecular complexity index is 1550. The molecule has 2 heterocycles. The number of aliphatic carboxylic acids is 4. The lowest BCUT2D eigenvalue weighted by Gasteiger charge is -2.26. The Morgan fingerprint density at radius 1 is 0.980 bits per heavy atom. The molecule has 1 atom stereocenters. The first-order valence-corrected chi connectivity index (χ1v) is 13.8. The van der Waals surface area contributed by atoms with Gasteiger partial charge in [-0.3, -0.25) is 19.9 Å². The molecule has 49 heavy (non-hydrogen) atoms. The van der Waals surface area contributed by atoms with Crippen LogP contribution in [0.3, 0.4) is 0 Å². The van der Waals surface area contributed by atoms with E-state index in [1.165, 1.54) is 12.1 Å². The molecule has 270 valence electrons. The summed E-state index contributed by atoms with van der Waals surface area (Å²) in [7, 11) is 0. The van der Waals surface area contributed by atoms with Crippen LogP contribution in [-0.4, -0.2) is 98.4 Å². The summed E-state index contributed by atoms with van der Waals surface area (Å²) in [6, 6.07) is 3.95. The van der Waals surface area contributed by atoms with E-state index in [2.05, 4.69) is 5.32 Å². The SMILES string of the molecule is N=C(N)c1ccc(OC(=O)c2cc3c(s2)CN(CC(=O)N[C@@H](CCC(=O)O)C(=O)O)CC3)c(F)c1.O=C(O)C(F)(F)F.O=C(O)C(F)(F)F. The number of ether oxygens (including phenoxy) is 1. The highest BCUT2D eigenvalue weighted by Gasteiger charge is 2.39. The van der Waals surface area contributed by atoms with E-state index in [0.717, 1.165) is 27.8 Å². The maximum absolute atomic E-state index is 14.2. The van der Waals surface area contributed by atoms with Crippen molar-refractivity contribution in [2.45, 2.75) is 44.2 Å². The van der Waals surface area contributed by atoms with E-state index in [1.807, 2.05) is 0 Å². The molecule has 0 spiro atoms. The summed E-state index contributed by atoms with van der Waals surface area (Å²) in [4.78, 5) is 67.4. The van der Waals surface area contributed by atoms with Gasteiger partial charge >= 0.3 is 42.2 Å². The van der Waals surface area contributed by atoms with Crippen LogP contribution in [0.15, 0.2) is 24.3 Å². The average Bonchev–Trinajstić information content (AvgIpc) is 3.39. The van der Waals surface area contributed by atoms with Crippen LogP contribution >= 0.6 is 11.3 Å². The monoisotopic (exact) mass is 734 g/mol. The molecule has 15 nitrogen and oxygen atoms in total. The van der Waals surface area contributed by atoms with Gasteiger partial charge < -0.3 is 36.2 Å². The number of benzene rings is 1. The van der Waals surface area contributed by atoms with E-state index in [4.69, 9.17) is 40.8 Å². The van der Waals surface area contributed by atoms with E-state index in [-0.39, 0.29) is 41.4 Å². The van der Waals surface area contributed by atoms with Crippen LogP contribution in [0.25, 0.3) is 0 Å². The lowest BCUT2D eigenvalue weighted by atomic mass is 10.1. The molecule has 0 unspecified atom stereocenters. The van der Waals surface area contributed by atoms with E-state index < -0.39 is 60.0 Å². The van der Waals surface area contributed by atoms with Gasteiger partial charge in [-0.05, 0) is 42.7 Å². The van der Waals surface area contributed by atoms with Crippen molar-refractivity contribution >= 4 is 52.9 Å². The largest absolute Gasteiger partial charge is 0.490 e. The molecule has 0 aliphatic carbocycles. The van der Waals surface area contributed by atoms with E-state index in [1.54, 1.807) is 11.0 Å². The Hall–Kier alpha value is -5.32. The van der Waals surface area contributed by atoms with Gasteiger partial charge in [-0.1, -0.05) is 0 Å². The molecule has 1 aromatic carbocycles. The summed E-state index contributed by atoms with van der Waals surface area (Å²) in [6.07, 6.45) is -10.2. The van der Waals surface area contributed by atoms with Crippen LogP contribution < -0.4 is 15.8 Å². The summed E-state index contributed by atoms with van der Waals surface area (Å²) in [5, 5.41) is 41.8. The predicted molar refractivity (Wildman–Crippen MR) is 149 cm³/mol. The van der Waals surface area contributed by atoms with Crippen molar-refractivity contribution in [3.05, 3.63) is 51.0 Å². The summed E-state index contributed by atoms with van der Waals surface area (Å²) >= 11 is 1.15. The highest BCUT2D eigenvalue weighted by molar-refractivity contribution is 7.14. The number of nitrogens with one attached hydrogen (secondary N) is 2. The Labute approximate surface area is 273 Å². The van der Waals surface area contributed by atoms with Crippen LogP contribution in [0.1, 0.15) is 38.5 Å². The first kappa shape index (κ1) is 41.7. The van der Waals surface area contributed by atoms with Crippen LogP contribution in [0.2, 0.25) is 0 Å². The number of amides is 1. The fourth-order valence-corrected chi connectivity index (χ4v) is 4.61. The molecule has 0 radical (unpaired) electrons. The molecular weight excluding hydrogens is 709 g/mol. The molecular formula is C26H25F7N4O11S. The van der Waals surface area contributed by atoms with Gasteiger partial charge in [0.05, 0.1) is 6.54 Å². The number of carbonyl (C=O) groups excluding carboxylic acids is 2. The van der Waals surface area contributed by atoms with E-state index in [0.29, 0.717) is 19.5 Å². The van der Waals surface area contributed by atoms with Crippen molar-refractivity contribution in [1.82, 2.24) is 10.2 Å². The number of carboxylic acid groups (broad SMARTS) is 4. The molecule has 8 N–H and O–H groups in total. The molecule has 3 rings (SSSR count). The number of carboxylic acids is 4. The quantitative estimate of drug-likeness (QED) is 0.0609. The Morgan fingerprint density at radius 3 is 1.98 bits per heavy atom. The van der Waals surface area contributed by atoms with Gasteiger partial charge in [-0.15, -0.1) is 11.3 Å². The van der Waals surface area contributed by atoms with E-state index in [9.17, 15) is 55.0 Å². The van der Waals surface area contributed by atoms with Crippen molar-refractivity contribution < 1.29 is 84.7 Å². The van der Waals surface area contributed by atoms with Gasteiger partial charge in [-0.25, -0.2) is 23.6 Å². The van der Waals surface area contributed by atoms with Gasteiger partial charge in [0.2, 0.25) is 5.91 Å². The van der Waals surface area contributed by atoms with Crippen molar-refractivity contribution in [3.8, 4) is 5.75 Å². The van der Waals surface area contributed by atoms with E-state index >= 15 is 0 Å². The average molecular weight is 735 g/mol. The molecule has 0 saturated carbocycles. The van der Waals surface area contributed by atoms with Crippen LogP contribution in [0, 0.1) is 11.2 Å². The Balaban J connectivity index is 0.000000717. The van der Waals surface area contributed by atoms with Gasteiger partial charge in [0.25, 0.3) is 0 Å². The lowest BCUT2D eigenvalue weighted by Crippen LogP contribution is -2.46. The number of fused-ring (bicyclic) bond motifs is 1. The number of hydrogen-bond acceptors (Lipinski definition) is 10. The number of nitrogens with two attached hydrogens (primary N) is 1. The number of thiophene rings is 1. The maximum Gasteiger partial charge on any atom is 0.490 e. The third-order valence-corrected chi connectivity index (χ3v) is 6.88. The third kappa shape index (κ3) is 14.5. The number of alkyl halides is 6. The zero-order valence-electron chi connectivity index (χ0n) is 24.4. The van der Waals surface area contributed by atoms with Crippen molar-refractivity contribution in [3.63, 3.8) is 0 Å². The molecule has 1 aromatic heterocycles. The predicted octanol–water partition coefficient (Wildman–Crippen LogP) is 2.45. The number of esters is 1. The Kier molecular flexibility index (Phi) is 15.1. The fourth-order valence-electron chi connectivity index (χ4n) is 3.48. The van der Waals surface area contributed by atoms with Crippen LogP contribution in [0.5, 0.6) is 5.75 Å². The first-order valence-electron chi connectivity index (χ1n) is 13.0. The summed E-state index contributed by atoms with van der Waals surface area (Å²) < 4.78 is 82.8. The maximum atomic E-state index is 14.2. The molecule has 0 bridgehead atoms. The van der Waals surface area contributed by atoms with Gasteiger partial charge in [0.15, 0.2) is 11.6 Å². The number of hydrogen-bond donors (Lipinski definition) is 7. The fraction of sp³-hybridized carbons (Fsp3) is 0.346. The molecule has 1 aliphatic rings. The molecule has 0 saturated heterocycles. The smallest absolute Gasteiger partial charge is 0.481 e. The summed E-state index contributed by atoms with van der Waals surface area (Å²) in [5.74, 6) is -10.7. The number of carbonyl (C=O) groups is 6. The number of rotatable bonds is 10. The minimum Gasteiger partial charge on any atom is -0.481 e. The molecule has 1 amide bonds. The normalized spacial score (nSPS) is 13.2. The second-order valence-corrected chi connectivity index (χ2v) is 10.6. The number of halogens is 7. The van der Waals surface area contributed by atoms with Crippen LogP contribution in [0.4, 0.5) is 30.7 Å². The molecule has 2 aromatic rings. The minimum absolute atomic E-state index is 0.0956. The van der Waals surface area contributed by atoms with Gasteiger partial charge in [0, 0.05) is 30.0 Å². The van der Waals surface area contributed by atoms with Crippen molar-refractivity contribution in [2.24, 2.45) is 5.73 Å². The topological polar surface area (TPSA) is 258 Å².